The Morgan fingerprint density at radius 2 is 1.04 bits per heavy atom. The van der Waals surface area contributed by atoms with Crippen LogP contribution in [0.15, 0.2) is 126 Å². The van der Waals surface area contributed by atoms with Gasteiger partial charge in [0.1, 0.15) is 0 Å². The highest BCUT2D eigenvalue weighted by Crippen LogP contribution is 2.45. The zero-order chi connectivity index (χ0) is 34.3. The quantitative estimate of drug-likeness (QED) is 0.178. The molecule has 0 aromatic heterocycles. The van der Waals surface area contributed by atoms with Gasteiger partial charge in [0.2, 0.25) is 0 Å². The van der Waals surface area contributed by atoms with E-state index in [0.29, 0.717) is 5.41 Å². The monoisotopic (exact) mass is 732 g/mol. The maximum atomic E-state index is 10.7. The lowest BCUT2D eigenvalue weighted by atomic mass is 9.72. The predicted molar refractivity (Wildman–Crippen MR) is 194 cm³/mol. The van der Waals surface area contributed by atoms with Gasteiger partial charge in [-0.1, -0.05) is 97.8 Å². The molecule has 1 aliphatic carbocycles. The first-order valence-corrected chi connectivity index (χ1v) is 21.7. The second-order valence-corrected chi connectivity index (χ2v) is 19.5. The summed E-state index contributed by atoms with van der Waals surface area (Å²) in [5, 5.41) is 0.824. The summed E-state index contributed by atoms with van der Waals surface area (Å²) in [5.41, 5.74) is 4.84. The molecule has 12 heteroatoms. The van der Waals surface area contributed by atoms with Crippen molar-refractivity contribution < 1.29 is 28.4 Å². The molecule has 0 bridgehead atoms. The molecule has 1 aliphatic rings. The lowest BCUT2D eigenvalue weighted by molar-refractivity contribution is 0.377. The molecule has 0 radical (unpaired) electrons. The van der Waals surface area contributed by atoms with E-state index in [1.54, 1.807) is 65.7 Å². The summed E-state index contributed by atoms with van der Waals surface area (Å²) in [6.07, 6.45) is 10.7. The minimum Gasteiger partial charge on any atom is -0.330 e. The summed E-state index contributed by atoms with van der Waals surface area (Å²) in [5.74, 6) is 0. The lowest BCUT2D eigenvalue weighted by Gasteiger charge is -2.32. The summed E-state index contributed by atoms with van der Waals surface area (Å²) < 4.78 is 32.2. The third-order valence-electron chi connectivity index (χ3n) is 6.73. The van der Waals surface area contributed by atoms with Crippen molar-refractivity contribution in [1.29, 1.82) is 0 Å². The zero-order valence-electron chi connectivity index (χ0n) is 26.1. The molecule has 3 atom stereocenters. The van der Waals surface area contributed by atoms with Gasteiger partial charge in [0, 0.05) is 0 Å². The van der Waals surface area contributed by atoms with E-state index >= 15 is 0 Å². The van der Waals surface area contributed by atoms with Crippen LogP contribution in [0.2, 0.25) is 0 Å². The Hall–Kier alpha value is -1.68. The molecule has 3 aromatic rings. The van der Waals surface area contributed by atoms with E-state index in [-0.39, 0.29) is 15.9 Å². The maximum Gasteiger partial charge on any atom is 0.317 e. The molecule has 3 unspecified atom stereocenters. The third kappa shape index (κ3) is 16.6. The fraction of sp³-hybridized carbons (Fsp3) is 0.273. The molecule has 0 spiro atoms. The van der Waals surface area contributed by atoms with Gasteiger partial charge in [0.05, 0.1) is 15.9 Å². The number of rotatable bonds is 5. The largest absolute Gasteiger partial charge is 0.330 e. The van der Waals surface area contributed by atoms with E-state index in [9.17, 15) is 13.7 Å². The normalized spacial score (nSPS) is 18.3. The topological polar surface area (TPSA) is 112 Å². The predicted octanol–water partition coefficient (Wildman–Crippen LogP) is 10.2. The van der Waals surface area contributed by atoms with E-state index in [1.165, 1.54) is 61.2 Å². The van der Waals surface area contributed by atoms with Gasteiger partial charge in [-0.05, 0) is 121 Å². The fourth-order valence-corrected chi connectivity index (χ4v) is 6.79. The number of allylic oxidation sites excluding steroid dienone is 6. The smallest absolute Gasteiger partial charge is 0.317 e. The van der Waals surface area contributed by atoms with E-state index in [0.717, 1.165) is 0 Å². The Kier molecular flexibility index (Phi) is 17.7. The van der Waals surface area contributed by atoms with Gasteiger partial charge in [-0.25, -0.2) is 0 Å². The Balaban J connectivity index is 0.000000305. The number of halogens is 3. The van der Waals surface area contributed by atoms with Crippen molar-refractivity contribution in [3.8, 4) is 0 Å². The molecule has 3 aromatic carbocycles. The van der Waals surface area contributed by atoms with Crippen molar-refractivity contribution in [3.63, 3.8) is 0 Å². The third-order valence-corrected chi connectivity index (χ3v) is 11.3. The molecule has 0 saturated carbocycles. The number of hydrogen-bond acceptors (Lipinski definition) is 3. The maximum absolute atomic E-state index is 10.7. The summed E-state index contributed by atoms with van der Waals surface area (Å²) >= 11 is 15.5. The summed E-state index contributed by atoms with van der Waals surface area (Å²) in [6.45, 7) is 0.614. The van der Waals surface area contributed by atoms with Crippen LogP contribution in [0.4, 0.5) is 0 Å². The summed E-state index contributed by atoms with van der Waals surface area (Å²) in [7, 11) is 0. The second-order valence-electron chi connectivity index (χ2n) is 10.8. The molecule has 3 N–H and O–H groups in total. The van der Waals surface area contributed by atoms with Gasteiger partial charge in [0.25, 0.3) is 0 Å². The van der Waals surface area contributed by atoms with Crippen LogP contribution < -0.4 is 15.9 Å². The SMILES string of the molecule is C/C=C(C)\C=C\C1=C(C)CCCC1(C)C.O=P(O)(Cl)c1ccccc1.O=P(O)(Cl)c1ccccc1.O=P(O)(Cl)c1ccccc1. The van der Waals surface area contributed by atoms with Crippen LogP contribution in [-0.2, 0) is 13.7 Å². The lowest BCUT2D eigenvalue weighted by Crippen LogP contribution is -2.19. The molecule has 45 heavy (non-hydrogen) atoms. The average Bonchev–Trinajstić information content (AvgIpc) is 2.97. The van der Waals surface area contributed by atoms with Crippen molar-refractivity contribution in [1.82, 2.24) is 0 Å². The second kappa shape index (κ2) is 19.2. The molecule has 0 amide bonds. The fourth-order valence-electron chi connectivity index (χ4n) is 4.16. The van der Waals surface area contributed by atoms with Gasteiger partial charge in [-0.3, -0.25) is 13.7 Å². The highest BCUT2D eigenvalue weighted by atomic mass is 35.7. The molecule has 4 rings (SSSR count). The van der Waals surface area contributed by atoms with Gasteiger partial charge in [-0.2, -0.15) is 0 Å². The Morgan fingerprint density at radius 1 is 0.711 bits per heavy atom. The first kappa shape index (κ1) is 41.3. The first-order chi connectivity index (χ1) is 20.8. The molecular formula is C33H42Cl3O6P3. The summed E-state index contributed by atoms with van der Waals surface area (Å²) in [6, 6.07) is 24.4. The molecular weight excluding hydrogens is 692 g/mol. The average molecular weight is 734 g/mol. The van der Waals surface area contributed by atoms with E-state index in [2.05, 4.69) is 52.8 Å². The van der Waals surface area contributed by atoms with Crippen molar-refractivity contribution in [3.05, 3.63) is 126 Å². The number of hydrogen-bond donors (Lipinski definition) is 3. The highest BCUT2D eigenvalue weighted by molar-refractivity contribution is 7.91. The van der Waals surface area contributed by atoms with Gasteiger partial charge < -0.3 is 14.7 Å². The Bertz CT molecular complexity index is 1420. The first-order valence-electron chi connectivity index (χ1n) is 14.0. The van der Waals surface area contributed by atoms with E-state index in [4.69, 9.17) is 48.4 Å². The van der Waals surface area contributed by atoms with Gasteiger partial charge in [0.15, 0.2) is 0 Å². The number of benzene rings is 3. The minimum absolute atomic E-state index is 0.275. The molecule has 0 fully saturated rings. The van der Waals surface area contributed by atoms with Gasteiger partial charge >= 0.3 is 20.2 Å². The van der Waals surface area contributed by atoms with Crippen LogP contribution in [0.1, 0.15) is 53.9 Å². The molecule has 246 valence electrons. The van der Waals surface area contributed by atoms with Crippen molar-refractivity contribution in [2.45, 2.75) is 53.9 Å². The highest BCUT2D eigenvalue weighted by Gasteiger charge is 2.26. The summed E-state index contributed by atoms with van der Waals surface area (Å²) in [4.78, 5) is 26.4. The minimum atomic E-state index is -3.55. The van der Waals surface area contributed by atoms with Crippen LogP contribution in [-0.4, -0.2) is 14.7 Å². The van der Waals surface area contributed by atoms with E-state index < -0.39 is 20.2 Å². The molecule has 0 aliphatic heterocycles. The Labute approximate surface area is 282 Å². The molecule has 0 saturated heterocycles. The van der Waals surface area contributed by atoms with Crippen LogP contribution in [0.5, 0.6) is 0 Å². The van der Waals surface area contributed by atoms with E-state index in [1.807, 2.05) is 0 Å². The molecule has 6 nitrogen and oxygen atoms in total. The van der Waals surface area contributed by atoms with Crippen LogP contribution in [0.25, 0.3) is 0 Å². The van der Waals surface area contributed by atoms with Gasteiger partial charge in [-0.15, -0.1) is 0 Å². The van der Waals surface area contributed by atoms with Crippen LogP contribution in [0.3, 0.4) is 0 Å². The van der Waals surface area contributed by atoms with Crippen molar-refractivity contribution in [2.75, 3.05) is 0 Å². The van der Waals surface area contributed by atoms with Crippen molar-refractivity contribution in [2.24, 2.45) is 5.41 Å². The van der Waals surface area contributed by atoms with Crippen LogP contribution in [0, 0.1) is 5.41 Å². The van der Waals surface area contributed by atoms with Crippen LogP contribution >= 0.6 is 53.9 Å². The standard InChI is InChI=1S/C15H24.3C6H6ClO2P/c1-6-12(2)9-10-14-13(3)8-7-11-15(14,4)5;3*7-10(8,9)6-4-2-1-3-5-6/h6,9-10H,7-8,11H2,1-5H3;3*1-5H,(H,8,9)/b10-9+,12-6-;;;. The zero-order valence-corrected chi connectivity index (χ0v) is 31.0. The van der Waals surface area contributed by atoms with Crippen molar-refractivity contribution >= 4 is 69.8 Å². The Morgan fingerprint density at radius 3 is 1.29 bits per heavy atom. The molecule has 0 heterocycles.